The first kappa shape index (κ1) is 17.7. The van der Waals surface area contributed by atoms with Gasteiger partial charge in [0.1, 0.15) is 23.3 Å². The van der Waals surface area contributed by atoms with Gasteiger partial charge in [-0.25, -0.2) is 9.99 Å². The molecule has 0 bridgehead atoms. The molecule has 0 saturated heterocycles. The zero-order valence-corrected chi connectivity index (χ0v) is 15.0. The molecule has 1 aromatic carbocycles. The van der Waals surface area contributed by atoms with E-state index in [4.69, 9.17) is 4.74 Å². The summed E-state index contributed by atoms with van der Waals surface area (Å²) < 4.78 is 7.05. The normalized spacial score (nSPS) is 15.4. The highest BCUT2D eigenvalue weighted by Crippen LogP contribution is 2.23. The van der Waals surface area contributed by atoms with Crippen LogP contribution in [0.15, 0.2) is 41.8 Å². The number of benzene rings is 1. The maximum atomic E-state index is 12.7. The zero-order chi connectivity index (χ0) is 18.7. The fourth-order valence-electron chi connectivity index (χ4n) is 2.80. The number of rotatable bonds is 5. The highest BCUT2D eigenvalue weighted by molar-refractivity contribution is 6.39. The molecule has 2 aromatic rings. The van der Waals surface area contributed by atoms with Gasteiger partial charge in [0.25, 0.3) is 5.91 Å². The molecule has 0 saturated carbocycles. The molecule has 1 N–H and O–H groups in total. The quantitative estimate of drug-likeness (QED) is 0.874. The number of amides is 2. The number of hydrogen-bond donors (Lipinski definition) is 1. The minimum atomic E-state index is -0.445. The number of nitrogens with zero attached hydrogens (tertiary/aromatic N) is 4. The average molecular weight is 355 g/mol. The summed E-state index contributed by atoms with van der Waals surface area (Å²) in [6.45, 7) is 0. The van der Waals surface area contributed by atoms with E-state index in [-0.39, 0.29) is 18.2 Å². The van der Waals surface area contributed by atoms with Crippen molar-refractivity contribution in [3.63, 3.8) is 0 Å². The number of ether oxygens (including phenoxy) is 1. The summed E-state index contributed by atoms with van der Waals surface area (Å²) in [5, 5.41) is 8.28. The van der Waals surface area contributed by atoms with Gasteiger partial charge in [0.05, 0.1) is 7.11 Å². The molecule has 0 fully saturated rings. The van der Waals surface area contributed by atoms with Crippen molar-refractivity contribution in [3.05, 3.63) is 48.0 Å². The van der Waals surface area contributed by atoms with Gasteiger partial charge in [-0.2, -0.15) is 5.10 Å². The molecule has 26 heavy (non-hydrogen) atoms. The second-order valence-electron chi connectivity index (χ2n) is 6.04. The number of carbonyl (C=O) groups excluding carboxylic acids is 2. The smallest absolute Gasteiger partial charge is 0.268 e. The largest absolute Gasteiger partial charge is 0.497 e. The van der Waals surface area contributed by atoms with Crippen molar-refractivity contribution in [3.8, 4) is 5.75 Å². The minimum absolute atomic E-state index is 0.0997. The molecule has 2 heterocycles. The summed E-state index contributed by atoms with van der Waals surface area (Å²) in [6.07, 6.45) is 4.11. The van der Waals surface area contributed by atoms with Crippen LogP contribution in [0.3, 0.4) is 0 Å². The molecule has 8 nitrogen and oxygen atoms in total. The SMILES string of the molecule is COc1ccc([C@@H](NC(=O)C2=NN(C)C(=O)CC2)c2nccn2C)cc1. The van der Waals surface area contributed by atoms with E-state index in [0.717, 1.165) is 11.3 Å². The van der Waals surface area contributed by atoms with Crippen LogP contribution in [0.1, 0.15) is 30.3 Å². The first-order chi connectivity index (χ1) is 12.5. The first-order valence-corrected chi connectivity index (χ1v) is 8.25. The van der Waals surface area contributed by atoms with Crippen molar-refractivity contribution in [1.82, 2.24) is 19.9 Å². The summed E-state index contributed by atoms with van der Waals surface area (Å²) >= 11 is 0. The van der Waals surface area contributed by atoms with Crippen molar-refractivity contribution in [2.75, 3.05) is 14.2 Å². The predicted octanol–water partition coefficient (Wildman–Crippen LogP) is 1.24. The third kappa shape index (κ3) is 3.58. The van der Waals surface area contributed by atoms with Crippen LogP contribution in [0.4, 0.5) is 0 Å². The van der Waals surface area contributed by atoms with Crippen molar-refractivity contribution in [2.45, 2.75) is 18.9 Å². The highest BCUT2D eigenvalue weighted by Gasteiger charge is 2.26. The number of nitrogens with one attached hydrogen (secondary N) is 1. The molecule has 0 radical (unpaired) electrons. The van der Waals surface area contributed by atoms with E-state index in [9.17, 15) is 9.59 Å². The van der Waals surface area contributed by atoms with Crippen molar-refractivity contribution in [2.24, 2.45) is 12.1 Å². The third-order valence-electron chi connectivity index (χ3n) is 4.31. The molecule has 136 valence electrons. The Hall–Kier alpha value is -3.16. The van der Waals surface area contributed by atoms with Crippen LogP contribution >= 0.6 is 0 Å². The summed E-state index contributed by atoms with van der Waals surface area (Å²) in [7, 11) is 5.02. The molecule has 1 atom stereocenters. The van der Waals surface area contributed by atoms with Crippen LogP contribution in [0, 0.1) is 0 Å². The van der Waals surface area contributed by atoms with Crippen molar-refractivity contribution in [1.29, 1.82) is 0 Å². The van der Waals surface area contributed by atoms with E-state index in [1.54, 1.807) is 20.4 Å². The highest BCUT2D eigenvalue weighted by atomic mass is 16.5. The number of imidazole rings is 1. The standard InChI is InChI=1S/C18H21N5O3/c1-22-11-10-19-17(22)16(12-4-6-13(26-3)7-5-12)20-18(25)14-8-9-15(24)23(2)21-14/h4-7,10-11,16H,8-9H2,1-3H3,(H,20,25)/t16-/m1/s1. The fraction of sp³-hybridized carbons (Fsp3) is 0.333. The number of methoxy groups -OCH3 is 1. The van der Waals surface area contributed by atoms with Gasteiger partial charge in [-0.3, -0.25) is 9.59 Å². The van der Waals surface area contributed by atoms with Gasteiger partial charge in [0.15, 0.2) is 0 Å². The fourth-order valence-corrected chi connectivity index (χ4v) is 2.80. The van der Waals surface area contributed by atoms with E-state index in [0.29, 0.717) is 18.0 Å². The zero-order valence-electron chi connectivity index (χ0n) is 15.0. The van der Waals surface area contributed by atoms with Gasteiger partial charge >= 0.3 is 0 Å². The molecule has 2 amide bonds. The lowest BCUT2D eigenvalue weighted by Gasteiger charge is -2.22. The van der Waals surface area contributed by atoms with Gasteiger partial charge < -0.3 is 14.6 Å². The molecule has 0 spiro atoms. The predicted molar refractivity (Wildman–Crippen MR) is 95.6 cm³/mol. The summed E-state index contributed by atoms with van der Waals surface area (Å²) in [4.78, 5) is 28.7. The molecule has 1 aliphatic heterocycles. The van der Waals surface area contributed by atoms with E-state index < -0.39 is 6.04 Å². The molecular weight excluding hydrogens is 334 g/mol. The van der Waals surface area contributed by atoms with Gasteiger partial charge in [0.2, 0.25) is 5.91 Å². The van der Waals surface area contributed by atoms with Crippen LogP contribution in [-0.4, -0.2) is 46.2 Å². The Labute approximate surface area is 151 Å². The molecule has 1 aromatic heterocycles. The molecule has 3 rings (SSSR count). The molecule has 8 heteroatoms. The Bertz CT molecular complexity index is 841. The van der Waals surface area contributed by atoms with Crippen LogP contribution in [0.25, 0.3) is 0 Å². The Kier molecular flexibility index (Phi) is 5.01. The average Bonchev–Trinajstić information content (AvgIpc) is 3.07. The minimum Gasteiger partial charge on any atom is -0.497 e. The van der Waals surface area contributed by atoms with Gasteiger partial charge in [0, 0.05) is 39.3 Å². The maximum Gasteiger partial charge on any atom is 0.268 e. The molecule has 0 aliphatic carbocycles. The second-order valence-corrected chi connectivity index (χ2v) is 6.04. The maximum absolute atomic E-state index is 12.7. The Balaban J connectivity index is 1.89. The lowest BCUT2D eigenvalue weighted by Crippen LogP contribution is -2.40. The van der Waals surface area contributed by atoms with E-state index in [2.05, 4.69) is 15.4 Å². The van der Waals surface area contributed by atoms with Crippen LogP contribution in [0.5, 0.6) is 5.75 Å². The number of hydrazone groups is 1. The van der Waals surface area contributed by atoms with Crippen LogP contribution in [0.2, 0.25) is 0 Å². The Morgan fingerprint density at radius 2 is 1.96 bits per heavy atom. The first-order valence-electron chi connectivity index (χ1n) is 8.25. The Morgan fingerprint density at radius 1 is 1.23 bits per heavy atom. The topological polar surface area (TPSA) is 88.8 Å². The van der Waals surface area contributed by atoms with E-state index >= 15 is 0 Å². The second kappa shape index (κ2) is 7.38. The number of aryl methyl sites for hydroxylation is 1. The summed E-state index contributed by atoms with van der Waals surface area (Å²) in [6, 6.07) is 7.00. The number of carbonyl (C=O) groups is 2. The lowest BCUT2D eigenvalue weighted by atomic mass is 10.0. The van der Waals surface area contributed by atoms with Gasteiger partial charge in [-0.1, -0.05) is 12.1 Å². The van der Waals surface area contributed by atoms with E-state index in [1.807, 2.05) is 42.1 Å². The summed E-state index contributed by atoms with van der Waals surface area (Å²) in [5.41, 5.74) is 1.20. The molecule has 0 unspecified atom stereocenters. The Morgan fingerprint density at radius 3 is 2.54 bits per heavy atom. The molecular formula is C18H21N5O3. The number of aromatic nitrogens is 2. The summed E-state index contributed by atoms with van der Waals surface area (Å²) in [5.74, 6) is 1.02. The monoisotopic (exact) mass is 355 g/mol. The van der Waals surface area contributed by atoms with E-state index in [1.165, 1.54) is 5.01 Å². The third-order valence-corrected chi connectivity index (χ3v) is 4.31. The lowest BCUT2D eigenvalue weighted by molar-refractivity contribution is -0.130. The van der Waals surface area contributed by atoms with Crippen molar-refractivity contribution < 1.29 is 14.3 Å². The van der Waals surface area contributed by atoms with Gasteiger partial charge in [-0.15, -0.1) is 0 Å². The van der Waals surface area contributed by atoms with Crippen molar-refractivity contribution >= 4 is 17.5 Å². The molecule has 1 aliphatic rings. The van der Waals surface area contributed by atoms with Crippen LogP contribution in [-0.2, 0) is 16.6 Å². The number of hydrogen-bond acceptors (Lipinski definition) is 5. The van der Waals surface area contributed by atoms with Gasteiger partial charge in [-0.05, 0) is 17.7 Å². The van der Waals surface area contributed by atoms with Crippen LogP contribution < -0.4 is 10.1 Å².